The standard InChI is InChI=1S/C14H18N2O3/c1-14(2,9-13(18)19)10-5-3-4-6-11(10)16-8-7-12(17)15-16/h3-6H,7-9H2,1-2H3,(H,15,17)(H,18,19). The predicted molar refractivity (Wildman–Crippen MR) is 71.8 cm³/mol. The molecule has 0 unspecified atom stereocenters. The normalized spacial score (nSPS) is 15.5. The maximum absolute atomic E-state index is 11.3. The van der Waals surface area contributed by atoms with Crippen molar-refractivity contribution in [1.29, 1.82) is 0 Å². The summed E-state index contributed by atoms with van der Waals surface area (Å²) < 4.78 is 0. The second-order valence-corrected chi connectivity index (χ2v) is 5.41. The first-order chi connectivity index (χ1) is 8.90. The van der Waals surface area contributed by atoms with Crippen LogP contribution in [0.5, 0.6) is 0 Å². The largest absolute Gasteiger partial charge is 0.481 e. The van der Waals surface area contributed by atoms with E-state index in [1.54, 1.807) is 5.01 Å². The average Bonchev–Trinajstić information content (AvgIpc) is 2.74. The maximum Gasteiger partial charge on any atom is 0.304 e. The Bertz CT molecular complexity index is 511. The molecular weight excluding hydrogens is 244 g/mol. The molecule has 1 amide bonds. The molecule has 1 aliphatic rings. The van der Waals surface area contributed by atoms with E-state index in [2.05, 4.69) is 5.43 Å². The number of hydrazine groups is 1. The lowest BCUT2D eigenvalue weighted by molar-refractivity contribution is -0.138. The van der Waals surface area contributed by atoms with E-state index in [1.165, 1.54) is 0 Å². The number of carboxylic acids is 1. The van der Waals surface area contributed by atoms with Gasteiger partial charge in [0.2, 0.25) is 5.91 Å². The topological polar surface area (TPSA) is 69.6 Å². The summed E-state index contributed by atoms with van der Waals surface area (Å²) in [7, 11) is 0. The highest BCUT2D eigenvalue weighted by Crippen LogP contribution is 2.34. The van der Waals surface area contributed by atoms with Gasteiger partial charge in [0.25, 0.3) is 0 Å². The Labute approximate surface area is 112 Å². The molecule has 1 aliphatic heterocycles. The predicted octanol–water partition coefficient (Wildman–Crippen LogP) is 1.68. The molecule has 2 rings (SSSR count). The van der Waals surface area contributed by atoms with Crippen molar-refractivity contribution in [2.24, 2.45) is 0 Å². The molecule has 1 fully saturated rings. The van der Waals surface area contributed by atoms with Gasteiger partial charge in [-0.2, -0.15) is 0 Å². The lowest BCUT2D eigenvalue weighted by Crippen LogP contribution is -2.35. The molecule has 5 nitrogen and oxygen atoms in total. The van der Waals surface area contributed by atoms with Crippen molar-refractivity contribution in [2.75, 3.05) is 11.6 Å². The number of rotatable bonds is 4. The van der Waals surface area contributed by atoms with Crippen LogP contribution in [0.4, 0.5) is 5.69 Å². The number of carboxylic acid groups (broad SMARTS) is 1. The molecule has 1 heterocycles. The third kappa shape index (κ3) is 2.86. The molecule has 0 radical (unpaired) electrons. The lowest BCUT2D eigenvalue weighted by Gasteiger charge is -2.29. The van der Waals surface area contributed by atoms with Crippen molar-refractivity contribution in [3.05, 3.63) is 29.8 Å². The summed E-state index contributed by atoms with van der Waals surface area (Å²) in [6.45, 7) is 4.41. The summed E-state index contributed by atoms with van der Waals surface area (Å²) in [5.74, 6) is -0.837. The van der Waals surface area contributed by atoms with Gasteiger partial charge >= 0.3 is 5.97 Å². The van der Waals surface area contributed by atoms with Crippen LogP contribution in [0.3, 0.4) is 0 Å². The molecule has 0 saturated carbocycles. The molecule has 0 aromatic heterocycles. The molecule has 0 bridgehead atoms. The summed E-state index contributed by atoms with van der Waals surface area (Å²) in [5.41, 5.74) is 4.10. The highest BCUT2D eigenvalue weighted by molar-refractivity contribution is 5.82. The molecule has 0 spiro atoms. The molecule has 5 heteroatoms. The third-order valence-corrected chi connectivity index (χ3v) is 3.34. The Hall–Kier alpha value is -2.04. The van der Waals surface area contributed by atoms with E-state index < -0.39 is 11.4 Å². The molecule has 0 atom stereocenters. The fourth-order valence-electron chi connectivity index (χ4n) is 2.41. The quantitative estimate of drug-likeness (QED) is 0.866. The van der Waals surface area contributed by atoms with Gasteiger partial charge in [-0.1, -0.05) is 32.0 Å². The molecular formula is C14H18N2O3. The number of nitrogens with zero attached hydrogens (tertiary/aromatic N) is 1. The summed E-state index contributed by atoms with van der Waals surface area (Å²) in [4.78, 5) is 22.3. The first kappa shape index (κ1) is 13.4. The van der Waals surface area contributed by atoms with Gasteiger partial charge in [-0.3, -0.25) is 20.0 Å². The van der Waals surface area contributed by atoms with Crippen LogP contribution in [0.15, 0.2) is 24.3 Å². The number of nitrogens with one attached hydrogen (secondary N) is 1. The Morgan fingerprint density at radius 1 is 1.42 bits per heavy atom. The van der Waals surface area contributed by atoms with Crippen molar-refractivity contribution in [1.82, 2.24) is 5.43 Å². The zero-order valence-corrected chi connectivity index (χ0v) is 11.1. The van der Waals surface area contributed by atoms with Crippen LogP contribution < -0.4 is 10.4 Å². The van der Waals surface area contributed by atoms with Crippen molar-refractivity contribution >= 4 is 17.6 Å². The molecule has 2 N–H and O–H groups in total. The number of benzene rings is 1. The fourth-order valence-corrected chi connectivity index (χ4v) is 2.41. The zero-order valence-electron chi connectivity index (χ0n) is 11.1. The number of aliphatic carboxylic acids is 1. The summed E-state index contributed by atoms with van der Waals surface area (Å²) in [6, 6.07) is 7.60. The first-order valence-corrected chi connectivity index (χ1v) is 6.28. The van der Waals surface area contributed by atoms with Gasteiger partial charge in [-0.05, 0) is 11.6 Å². The highest BCUT2D eigenvalue weighted by atomic mass is 16.4. The van der Waals surface area contributed by atoms with E-state index >= 15 is 0 Å². The molecule has 102 valence electrons. The van der Waals surface area contributed by atoms with Crippen LogP contribution in [0.25, 0.3) is 0 Å². The Kier molecular flexibility index (Phi) is 3.46. The minimum absolute atomic E-state index is 0.00848. The Balaban J connectivity index is 2.35. The number of hydrogen-bond donors (Lipinski definition) is 2. The van der Waals surface area contributed by atoms with Crippen molar-refractivity contribution in [3.63, 3.8) is 0 Å². The average molecular weight is 262 g/mol. The van der Waals surface area contributed by atoms with E-state index in [0.29, 0.717) is 13.0 Å². The summed E-state index contributed by atoms with van der Waals surface area (Å²) in [5, 5.41) is 10.8. The van der Waals surface area contributed by atoms with Gasteiger partial charge < -0.3 is 5.11 Å². The molecule has 1 aromatic rings. The molecule has 1 saturated heterocycles. The molecule has 19 heavy (non-hydrogen) atoms. The van der Waals surface area contributed by atoms with Crippen molar-refractivity contribution in [3.8, 4) is 0 Å². The van der Waals surface area contributed by atoms with Crippen LogP contribution in [-0.2, 0) is 15.0 Å². The number of amides is 1. The van der Waals surface area contributed by atoms with Crippen LogP contribution in [-0.4, -0.2) is 23.5 Å². The first-order valence-electron chi connectivity index (χ1n) is 6.28. The van der Waals surface area contributed by atoms with Gasteiger partial charge in [0, 0.05) is 18.4 Å². The number of carbonyl (C=O) groups is 2. The van der Waals surface area contributed by atoms with Gasteiger partial charge in [-0.25, -0.2) is 0 Å². The van der Waals surface area contributed by atoms with Gasteiger partial charge in [0.15, 0.2) is 0 Å². The van der Waals surface area contributed by atoms with Gasteiger partial charge in [0.1, 0.15) is 0 Å². The monoisotopic (exact) mass is 262 g/mol. The van der Waals surface area contributed by atoms with E-state index in [4.69, 9.17) is 5.11 Å². The van der Waals surface area contributed by atoms with E-state index in [-0.39, 0.29) is 12.3 Å². The van der Waals surface area contributed by atoms with Crippen LogP contribution in [0, 0.1) is 0 Å². The Morgan fingerprint density at radius 3 is 2.68 bits per heavy atom. The van der Waals surface area contributed by atoms with E-state index in [1.807, 2.05) is 38.1 Å². The third-order valence-electron chi connectivity index (χ3n) is 3.34. The van der Waals surface area contributed by atoms with Crippen LogP contribution in [0.2, 0.25) is 0 Å². The number of hydrogen-bond acceptors (Lipinski definition) is 3. The second kappa shape index (κ2) is 4.91. The number of anilines is 1. The Morgan fingerprint density at radius 2 is 2.11 bits per heavy atom. The summed E-state index contributed by atoms with van der Waals surface area (Å²) in [6.07, 6.45) is 0.513. The zero-order chi connectivity index (χ0) is 14.0. The maximum atomic E-state index is 11.3. The van der Waals surface area contributed by atoms with Gasteiger partial charge in [0.05, 0.1) is 12.1 Å². The second-order valence-electron chi connectivity index (χ2n) is 5.41. The number of carbonyl (C=O) groups excluding carboxylic acids is 1. The minimum Gasteiger partial charge on any atom is -0.481 e. The van der Waals surface area contributed by atoms with E-state index in [0.717, 1.165) is 11.3 Å². The SMILES string of the molecule is CC(C)(CC(=O)O)c1ccccc1N1CCC(=O)N1. The van der Waals surface area contributed by atoms with Crippen molar-refractivity contribution < 1.29 is 14.7 Å². The summed E-state index contributed by atoms with van der Waals surface area (Å²) >= 11 is 0. The molecule has 0 aliphatic carbocycles. The fraction of sp³-hybridized carbons (Fsp3) is 0.429. The molecule has 1 aromatic carbocycles. The number of para-hydroxylation sites is 1. The van der Waals surface area contributed by atoms with E-state index in [9.17, 15) is 9.59 Å². The van der Waals surface area contributed by atoms with Crippen LogP contribution in [0.1, 0.15) is 32.3 Å². The highest BCUT2D eigenvalue weighted by Gasteiger charge is 2.30. The van der Waals surface area contributed by atoms with Crippen molar-refractivity contribution in [2.45, 2.75) is 32.1 Å². The lowest BCUT2D eigenvalue weighted by atomic mass is 9.80. The van der Waals surface area contributed by atoms with Gasteiger partial charge in [-0.15, -0.1) is 0 Å². The minimum atomic E-state index is -0.828. The van der Waals surface area contributed by atoms with Crippen LogP contribution >= 0.6 is 0 Å². The smallest absolute Gasteiger partial charge is 0.304 e.